The first-order chi connectivity index (χ1) is 16.1. The van der Waals surface area contributed by atoms with Gasteiger partial charge in [-0.1, -0.05) is 29.8 Å². The Morgan fingerprint density at radius 3 is 2.34 bits per heavy atom. The van der Waals surface area contributed by atoms with Crippen LogP contribution in [-0.2, 0) is 26.2 Å². The van der Waals surface area contributed by atoms with Crippen molar-refractivity contribution in [3.8, 4) is 5.75 Å². The standard InChI is InChI=1S/C25H34ClN3O5S/c1-17-11-12-22(34-6)21(13-17)29(35(7,32)33)16-23(30)28(15-19-9-8-10-20(26)14-19)18(2)24(31)27-25(3,4)5/h8-14,18H,15-16H2,1-7H3,(H,27,31)/t18-/m0/s1. The SMILES string of the molecule is COc1ccc(C)cc1N(CC(=O)N(Cc1cccc(Cl)c1)[C@@H](C)C(=O)NC(C)(C)C)S(C)(=O)=O. The van der Waals surface area contributed by atoms with Gasteiger partial charge in [0.25, 0.3) is 0 Å². The van der Waals surface area contributed by atoms with Gasteiger partial charge in [-0.2, -0.15) is 0 Å². The van der Waals surface area contributed by atoms with Crippen molar-refractivity contribution in [2.24, 2.45) is 0 Å². The molecular formula is C25H34ClN3O5S. The average molecular weight is 524 g/mol. The zero-order valence-corrected chi connectivity index (χ0v) is 22.8. The van der Waals surface area contributed by atoms with Gasteiger partial charge in [-0.15, -0.1) is 0 Å². The van der Waals surface area contributed by atoms with Crippen LogP contribution in [0.15, 0.2) is 42.5 Å². The van der Waals surface area contributed by atoms with E-state index in [1.807, 2.05) is 27.7 Å². The summed E-state index contributed by atoms with van der Waals surface area (Å²) in [6.07, 6.45) is 1.03. The lowest BCUT2D eigenvalue weighted by molar-refractivity contribution is -0.140. The minimum absolute atomic E-state index is 0.0701. The highest BCUT2D eigenvalue weighted by Gasteiger charge is 2.32. The van der Waals surface area contributed by atoms with Crippen LogP contribution in [0.4, 0.5) is 5.69 Å². The fourth-order valence-corrected chi connectivity index (χ4v) is 4.54. The highest BCUT2D eigenvalue weighted by atomic mass is 35.5. The molecule has 1 N–H and O–H groups in total. The number of methoxy groups -OCH3 is 1. The van der Waals surface area contributed by atoms with E-state index in [0.29, 0.717) is 16.3 Å². The maximum Gasteiger partial charge on any atom is 0.244 e. The summed E-state index contributed by atoms with van der Waals surface area (Å²) in [5, 5.41) is 3.37. The van der Waals surface area contributed by atoms with Crippen molar-refractivity contribution in [2.75, 3.05) is 24.2 Å². The molecule has 2 aromatic carbocycles. The zero-order chi connectivity index (χ0) is 26.6. The van der Waals surface area contributed by atoms with E-state index in [0.717, 1.165) is 16.1 Å². The predicted octanol–water partition coefficient (Wildman–Crippen LogP) is 3.76. The van der Waals surface area contributed by atoms with Crippen LogP contribution in [0.3, 0.4) is 0 Å². The minimum atomic E-state index is -3.87. The Labute approximate surface area is 213 Å². The molecule has 0 fully saturated rings. The number of carbonyl (C=O) groups excluding carboxylic acids is 2. The molecule has 0 heterocycles. The Balaban J connectivity index is 2.48. The molecule has 2 rings (SSSR count). The average Bonchev–Trinajstić information content (AvgIpc) is 2.73. The van der Waals surface area contributed by atoms with Crippen molar-refractivity contribution in [1.29, 1.82) is 0 Å². The van der Waals surface area contributed by atoms with Crippen LogP contribution < -0.4 is 14.4 Å². The number of ether oxygens (including phenoxy) is 1. The van der Waals surface area contributed by atoms with Crippen molar-refractivity contribution < 1.29 is 22.7 Å². The van der Waals surface area contributed by atoms with E-state index in [9.17, 15) is 18.0 Å². The van der Waals surface area contributed by atoms with Crippen LogP contribution >= 0.6 is 11.6 Å². The topological polar surface area (TPSA) is 96.0 Å². The largest absolute Gasteiger partial charge is 0.495 e. The number of nitrogens with one attached hydrogen (secondary N) is 1. The summed E-state index contributed by atoms with van der Waals surface area (Å²) >= 11 is 6.13. The molecule has 0 spiro atoms. The number of carbonyl (C=O) groups is 2. The van der Waals surface area contributed by atoms with Crippen molar-refractivity contribution in [3.63, 3.8) is 0 Å². The normalized spacial score (nSPS) is 12.6. The van der Waals surface area contributed by atoms with E-state index >= 15 is 0 Å². The van der Waals surface area contributed by atoms with Crippen LogP contribution in [0.5, 0.6) is 5.75 Å². The third-order valence-corrected chi connectivity index (χ3v) is 6.55. The van der Waals surface area contributed by atoms with E-state index < -0.39 is 34.1 Å². The molecule has 192 valence electrons. The zero-order valence-electron chi connectivity index (χ0n) is 21.3. The third-order valence-electron chi connectivity index (χ3n) is 5.19. The summed E-state index contributed by atoms with van der Waals surface area (Å²) in [6.45, 7) is 8.52. The second-order valence-corrected chi connectivity index (χ2v) is 11.9. The summed E-state index contributed by atoms with van der Waals surface area (Å²) < 4.78 is 31.9. The van der Waals surface area contributed by atoms with Gasteiger partial charge in [0.05, 0.1) is 19.1 Å². The lowest BCUT2D eigenvalue weighted by atomic mass is 10.1. The number of halogens is 1. The van der Waals surface area contributed by atoms with E-state index in [1.54, 1.807) is 49.4 Å². The molecule has 2 aromatic rings. The molecule has 2 amide bonds. The Hall–Kier alpha value is -2.78. The number of aryl methyl sites for hydroxylation is 1. The first-order valence-electron chi connectivity index (χ1n) is 11.1. The molecule has 1 atom stereocenters. The molecule has 35 heavy (non-hydrogen) atoms. The summed E-state index contributed by atoms with van der Waals surface area (Å²) in [6, 6.07) is 11.2. The van der Waals surface area contributed by atoms with Crippen LogP contribution in [-0.4, -0.2) is 56.6 Å². The Morgan fingerprint density at radius 2 is 1.80 bits per heavy atom. The Kier molecular flexibility index (Phi) is 9.19. The summed E-state index contributed by atoms with van der Waals surface area (Å²) in [5.41, 5.74) is 1.25. The molecule has 0 unspecified atom stereocenters. The molecule has 10 heteroatoms. The maximum atomic E-state index is 13.6. The Morgan fingerprint density at radius 1 is 1.14 bits per heavy atom. The predicted molar refractivity (Wildman–Crippen MR) is 139 cm³/mol. The van der Waals surface area contributed by atoms with Gasteiger partial charge in [-0.3, -0.25) is 13.9 Å². The fraction of sp³-hybridized carbons (Fsp3) is 0.440. The van der Waals surface area contributed by atoms with Crippen LogP contribution in [0.25, 0.3) is 0 Å². The number of hydrogen-bond acceptors (Lipinski definition) is 5. The summed E-state index contributed by atoms with van der Waals surface area (Å²) in [4.78, 5) is 28.0. The van der Waals surface area contributed by atoms with Crippen molar-refractivity contribution in [1.82, 2.24) is 10.2 Å². The van der Waals surface area contributed by atoms with Gasteiger partial charge in [0.15, 0.2) is 0 Å². The van der Waals surface area contributed by atoms with Crippen LogP contribution in [0.2, 0.25) is 5.02 Å². The number of nitrogens with zero attached hydrogens (tertiary/aromatic N) is 2. The molecule has 0 bridgehead atoms. The number of anilines is 1. The molecule has 0 aromatic heterocycles. The van der Waals surface area contributed by atoms with Crippen LogP contribution in [0, 0.1) is 6.92 Å². The van der Waals surface area contributed by atoms with Gasteiger partial charge in [-0.25, -0.2) is 8.42 Å². The van der Waals surface area contributed by atoms with Crippen molar-refractivity contribution in [3.05, 3.63) is 58.6 Å². The maximum absolute atomic E-state index is 13.6. The van der Waals surface area contributed by atoms with Crippen molar-refractivity contribution in [2.45, 2.75) is 52.7 Å². The molecule has 0 aliphatic rings. The quantitative estimate of drug-likeness (QED) is 0.540. The molecule has 0 radical (unpaired) electrons. The van der Waals surface area contributed by atoms with Crippen molar-refractivity contribution >= 4 is 39.1 Å². The first-order valence-corrected chi connectivity index (χ1v) is 13.3. The van der Waals surface area contributed by atoms with Crippen LogP contribution in [0.1, 0.15) is 38.8 Å². The molecule has 0 saturated heterocycles. The molecular weight excluding hydrogens is 490 g/mol. The smallest absolute Gasteiger partial charge is 0.244 e. The monoisotopic (exact) mass is 523 g/mol. The summed E-state index contributed by atoms with van der Waals surface area (Å²) in [7, 11) is -2.43. The molecule has 0 aliphatic carbocycles. The summed E-state index contributed by atoms with van der Waals surface area (Å²) in [5.74, 6) is -0.587. The third kappa shape index (κ3) is 8.14. The van der Waals surface area contributed by atoms with Gasteiger partial charge >= 0.3 is 0 Å². The van der Waals surface area contributed by atoms with Gasteiger partial charge in [0.2, 0.25) is 21.8 Å². The molecule has 0 aliphatic heterocycles. The van der Waals surface area contributed by atoms with Gasteiger partial charge in [0.1, 0.15) is 18.3 Å². The van der Waals surface area contributed by atoms with E-state index in [1.165, 1.54) is 12.0 Å². The number of amides is 2. The molecule has 8 nitrogen and oxygen atoms in total. The lowest BCUT2D eigenvalue weighted by Crippen LogP contribution is -2.54. The molecule has 0 saturated carbocycles. The van der Waals surface area contributed by atoms with E-state index in [2.05, 4.69) is 5.32 Å². The minimum Gasteiger partial charge on any atom is -0.495 e. The lowest BCUT2D eigenvalue weighted by Gasteiger charge is -2.33. The highest BCUT2D eigenvalue weighted by molar-refractivity contribution is 7.92. The number of sulfonamides is 1. The van der Waals surface area contributed by atoms with Gasteiger partial charge in [0, 0.05) is 17.1 Å². The highest BCUT2D eigenvalue weighted by Crippen LogP contribution is 2.31. The van der Waals surface area contributed by atoms with E-state index in [4.69, 9.17) is 16.3 Å². The second kappa shape index (κ2) is 11.3. The number of benzene rings is 2. The first kappa shape index (κ1) is 28.5. The number of rotatable bonds is 9. The number of hydrogen-bond donors (Lipinski definition) is 1. The van der Waals surface area contributed by atoms with Gasteiger partial charge < -0.3 is 15.0 Å². The fourth-order valence-electron chi connectivity index (χ4n) is 3.48. The van der Waals surface area contributed by atoms with E-state index in [-0.39, 0.29) is 18.1 Å². The van der Waals surface area contributed by atoms with Gasteiger partial charge in [-0.05, 0) is 70.0 Å². The Bertz CT molecular complexity index is 1180. The second-order valence-electron chi connectivity index (χ2n) is 9.51.